The number of Topliss-reactive ketones (excluding diaryl/α,β-unsaturated/α-hetero) is 1. The van der Waals surface area contributed by atoms with Crippen LogP contribution in [0.5, 0.6) is 0 Å². The van der Waals surface area contributed by atoms with Crippen molar-refractivity contribution in [1.82, 2.24) is 4.90 Å². The Balaban J connectivity index is 0.699. The van der Waals surface area contributed by atoms with Gasteiger partial charge in [0.1, 0.15) is 5.78 Å². The van der Waals surface area contributed by atoms with E-state index in [9.17, 15) is 4.79 Å². The minimum absolute atomic E-state index is 0.156. The number of rotatable bonds is 4. The van der Waals surface area contributed by atoms with Gasteiger partial charge in [-0.25, -0.2) is 0 Å². The third kappa shape index (κ3) is 6.83. The minimum Gasteiger partial charge on any atom is -0.374 e. The third-order valence-corrected chi connectivity index (χ3v) is 21.3. The van der Waals surface area contributed by atoms with E-state index in [2.05, 4.69) is 4.90 Å². The molecule has 4 aliphatic heterocycles. The van der Waals surface area contributed by atoms with Gasteiger partial charge in [-0.3, -0.25) is 9.69 Å². The second-order valence-electron chi connectivity index (χ2n) is 23.5. The van der Waals surface area contributed by atoms with Gasteiger partial charge in [0.15, 0.2) is 0 Å². The van der Waals surface area contributed by atoms with Crippen LogP contribution in [0.1, 0.15) is 193 Å². The second kappa shape index (κ2) is 16.0. The molecule has 8 saturated carbocycles. The molecule has 4 heterocycles. The van der Waals surface area contributed by atoms with E-state index in [1.54, 1.807) is 0 Å². The highest BCUT2D eigenvalue weighted by Gasteiger charge is 2.60. The van der Waals surface area contributed by atoms with Crippen molar-refractivity contribution in [3.8, 4) is 0 Å². The summed E-state index contributed by atoms with van der Waals surface area (Å²) in [5.74, 6) is 10.4. The summed E-state index contributed by atoms with van der Waals surface area (Å²) in [6, 6.07) is 2.04. The molecule has 5 heteroatoms. The van der Waals surface area contributed by atoms with Crippen LogP contribution < -0.4 is 0 Å². The molecule has 4 saturated heterocycles. The second-order valence-corrected chi connectivity index (χ2v) is 23.5. The van der Waals surface area contributed by atoms with Crippen molar-refractivity contribution in [3.05, 3.63) is 0 Å². The van der Waals surface area contributed by atoms with Crippen LogP contribution in [0, 0.1) is 71.0 Å². The van der Waals surface area contributed by atoms with Crippen LogP contribution >= 0.6 is 0 Å². The highest BCUT2D eigenvalue weighted by atomic mass is 16.5. The molecule has 5 nitrogen and oxygen atoms in total. The molecule has 0 spiro atoms. The van der Waals surface area contributed by atoms with Crippen LogP contribution in [0.3, 0.4) is 0 Å². The van der Waals surface area contributed by atoms with E-state index in [0.29, 0.717) is 54.6 Å². The van der Waals surface area contributed by atoms with Crippen molar-refractivity contribution in [2.45, 2.75) is 247 Å². The lowest BCUT2D eigenvalue weighted by Gasteiger charge is -2.54. The summed E-state index contributed by atoms with van der Waals surface area (Å²) in [5, 5.41) is 0. The molecule has 0 N–H and O–H groups in total. The topological polar surface area (TPSA) is 48.0 Å². The normalized spacial score (nSPS) is 54.4. The number of likely N-dealkylation sites (tertiary alicyclic amines) is 1. The third-order valence-electron chi connectivity index (χ3n) is 21.3. The summed E-state index contributed by atoms with van der Waals surface area (Å²) in [7, 11) is 0. The predicted octanol–water partition coefficient (Wildman–Crippen LogP) is 11.5. The Bertz CT molecular complexity index is 1400. The van der Waals surface area contributed by atoms with Crippen molar-refractivity contribution in [3.63, 3.8) is 0 Å². The van der Waals surface area contributed by atoms with E-state index in [1.165, 1.54) is 173 Å². The first kappa shape index (κ1) is 38.2. The lowest BCUT2D eigenvalue weighted by Crippen LogP contribution is -2.55. The summed E-state index contributed by atoms with van der Waals surface area (Å²) in [6.07, 6.45) is 43.6. The minimum atomic E-state index is 0.156. The number of ether oxygens (including phenoxy) is 3. The van der Waals surface area contributed by atoms with Gasteiger partial charge in [0.25, 0.3) is 0 Å². The molecule has 17 atom stereocenters. The van der Waals surface area contributed by atoms with Gasteiger partial charge < -0.3 is 14.2 Å². The zero-order valence-electron chi connectivity index (χ0n) is 35.9. The molecule has 57 heavy (non-hydrogen) atoms. The molecule has 0 aromatic rings. The molecule has 8 aliphatic carbocycles. The summed E-state index contributed by atoms with van der Waals surface area (Å²) >= 11 is 0. The van der Waals surface area contributed by atoms with Crippen LogP contribution in [0.25, 0.3) is 0 Å². The Labute approximate surface area is 347 Å². The average molecular weight is 784 g/mol. The maximum Gasteiger partial charge on any atom is 0.141 e. The largest absolute Gasteiger partial charge is 0.374 e. The average Bonchev–Trinajstić information content (AvgIpc) is 3.79. The first-order chi connectivity index (χ1) is 28.1. The number of hydrogen-bond acceptors (Lipinski definition) is 5. The Kier molecular flexibility index (Phi) is 10.7. The van der Waals surface area contributed by atoms with Gasteiger partial charge in [0, 0.05) is 30.5 Å². The van der Waals surface area contributed by atoms with Crippen molar-refractivity contribution < 1.29 is 19.0 Å². The molecule has 318 valence electrons. The fraction of sp³-hybridized carbons (Fsp3) is 0.981. The Morgan fingerprint density at radius 3 is 1.75 bits per heavy atom. The molecule has 12 aliphatic rings. The number of nitrogens with zero attached hydrogens (tertiary/aromatic N) is 1. The zero-order valence-corrected chi connectivity index (χ0v) is 35.9. The summed E-state index contributed by atoms with van der Waals surface area (Å²) < 4.78 is 21.1. The molecule has 0 bridgehead atoms. The van der Waals surface area contributed by atoms with Crippen molar-refractivity contribution >= 4 is 5.78 Å². The SMILES string of the molecule is O=C1CC(C2CCCCC2)OC2CCC(N3C4CCCCC4C4CC5C(CC43)OC3CCC(C4CCC(C6C7CCCCC7OC7CCCCC76)CC4)CC35)CC12. The van der Waals surface area contributed by atoms with Gasteiger partial charge in [-0.05, 0) is 194 Å². The van der Waals surface area contributed by atoms with E-state index in [0.717, 1.165) is 78.1 Å². The summed E-state index contributed by atoms with van der Waals surface area (Å²) in [5.41, 5.74) is 0. The number of carbonyl (C=O) groups excluding carboxylic acids is 1. The smallest absolute Gasteiger partial charge is 0.141 e. The highest BCUT2D eigenvalue weighted by molar-refractivity contribution is 5.83. The van der Waals surface area contributed by atoms with Crippen molar-refractivity contribution in [1.29, 1.82) is 0 Å². The molecule has 17 unspecified atom stereocenters. The van der Waals surface area contributed by atoms with E-state index in [4.69, 9.17) is 14.2 Å². The molecule has 0 aromatic heterocycles. The molecule has 0 aromatic carbocycles. The van der Waals surface area contributed by atoms with Crippen molar-refractivity contribution in [2.24, 2.45) is 71.0 Å². The van der Waals surface area contributed by atoms with E-state index in [1.807, 2.05) is 0 Å². The quantitative estimate of drug-likeness (QED) is 0.284. The maximum atomic E-state index is 13.9. The molecular weight excluding hydrogens is 703 g/mol. The first-order valence-corrected chi connectivity index (χ1v) is 26.4. The van der Waals surface area contributed by atoms with Crippen LogP contribution in [0.2, 0.25) is 0 Å². The number of ketones is 1. The van der Waals surface area contributed by atoms with Gasteiger partial charge in [-0.2, -0.15) is 0 Å². The Morgan fingerprint density at radius 1 is 0.368 bits per heavy atom. The standard InChI is InChI=1S/C52H81NO4/c54-45-30-50(32-10-2-1-3-11-32)56-49-25-23-35(27-42(45)49)53-43-15-7-4-12-36(43)39-28-41-40-26-34(22-24-48(40)57-51(41)29-44(39)53)31-18-20-33(21-19-31)52-37-13-5-8-16-46(37)55-47-17-9-6-14-38(47)52/h31-44,46-52H,1-30H2. The van der Waals surface area contributed by atoms with E-state index in [-0.39, 0.29) is 18.1 Å². The Morgan fingerprint density at radius 2 is 0.965 bits per heavy atom. The fourth-order valence-corrected chi connectivity index (χ4v) is 18.9. The maximum absolute atomic E-state index is 13.9. The highest BCUT2D eigenvalue weighted by Crippen LogP contribution is 2.60. The monoisotopic (exact) mass is 784 g/mol. The van der Waals surface area contributed by atoms with Gasteiger partial charge in [0.2, 0.25) is 0 Å². The first-order valence-electron chi connectivity index (χ1n) is 26.4. The van der Waals surface area contributed by atoms with Crippen LogP contribution in [0.15, 0.2) is 0 Å². The van der Waals surface area contributed by atoms with Gasteiger partial charge in [-0.15, -0.1) is 0 Å². The van der Waals surface area contributed by atoms with E-state index < -0.39 is 0 Å². The number of hydrogen-bond donors (Lipinski definition) is 0. The van der Waals surface area contributed by atoms with Crippen LogP contribution in [0.4, 0.5) is 0 Å². The Hall–Kier alpha value is -0.490. The molecule has 0 amide bonds. The molecular formula is C52H81NO4. The number of carbonyl (C=O) groups is 1. The van der Waals surface area contributed by atoms with E-state index >= 15 is 0 Å². The molecule has 0 radical (unpaired) electrons. The van der Waals surface area contributed by atoms with Crippen LogP contribution in [-0.4, -0.2) is 65.4 Å². The van der Waals surface area contributed by atoms with Gasteiger partial charge in [0.05, 0.1) is 36.6 Å². The summed E-state index contributed by atoms with van der Waals surface area (Å²) in [6.45, 7) is 0. The molecule has 12 fully saturated rings. The lowest BCUT2D eigenvalue weighted by atomic mass is 9.57. The number of fused-ring (bicyclic) bond motifs is 9. The van der Waals surface area contributed by atoms with Crippen molar-refractivity contribution in [2.75, 3.05) is 0 Å². The van der Waals surface area contributed by atoms with Gasteiger partial charge in [-0.1, -0.05) is 57.8 Å². The predicted molar refractivity (Wildman–Crippen MR) is 225 cm³/mol. The zero-order chi connectivity index (χ0) is 37.6. The molecule has 12 rings (SSSR count). The summed E-state index contributed by atoms with van der Waals surface area (Å²) in [4.78, 5) is 17.0. The van der Waals surface area contributed by atoms with Gasteiger partial charge >= 0.3 is 0 Å². The van der Waals surface area contributed by atoms with Crippen LogP contribution in [-0.2, 0) is 19.0 Å². The lowest BCUT2D eigenvalue weighted by molar-refractivity contribution is -0.185. The fourth-order valence-electron chi connectivity index (χ4n) is 18.9.